The van der Waals surface area contributed by atoms with Gasteiger partial charge in [-0.05, 0) is 138 Å². The van der Waals surface area contributed by atoms with Crippen LogP contribution in [0.15, 0.2) is 297 Å². The van der Waals surface area contributed by atoms with Crippen LogP contribution in [0, 0.1) is 0 Å². The Hall–Kier alpha value is -9.34. The number of rotatable bonds is 9. The number of hydrogen-bond donors (Lipinski definition) is 0. The largest absolute Gasteiger partial charge is 0.310 e. The lowest BCUT2D eigenvalue weighted by Gasteiger charge is -2.34. The predicted molar refractivity (Wildman–Crippen MR) is 319 cm³/mol. The van der Waals surface area contributed by atoms with E-state index in [1.807, 2.05) is 11.3 Å². The van der Waals surface area contributed by atoms with E-state index in [1.165, 1.54) is 109 Å². The van der Waals surface area contributed by atoms with Gasteiger partial charge in [0.1, 0.15) is 0 Å². The molecule has 1 aromatic heterocycles. The van der Waals surface area contributed by atoms with Crippen molar-refractivity contribution in [3.05, 3.63) is 342 Å². The van der Waals surface area contributed by atoms with Crippen LogP contribution in [0.2, 0.25) is 0 Å². The van der Waals surface area contributed by atoms with Crippen molar-refractivity contribution in [3.8, 4) is 44.5 Å². The standard InChI is InChI=1S/C74H49NS/c1-5-22-54(23-6-1)73(55-24-7-2-8-25-55)66-35-17-14-33-63(66)72-67(73)36-20-37-69(72)75(59-30-19-21-51(47-59)52-42-46-71-64(48-52)62-32-15-18-38-70(62)76-71)58-43-39-50(40-44-58)53-41-45-61-60-31-13-16-34-65(60)74(68(61)49-53,56-26-9-3-10-27-56)57-28-11-4-12-29-57/h1-49H. The van der Waals surface area contributed by atoms with Gasteiger partial charge < -0.3 is 4.90 Å². The highest BCUT2D eigenvalue weighted by atomic mass is 32.1. The van der Waals surface area contributed by atoms with Crippen LogP contribution in [0.25, 0.3) is 64.7 Å². The van der Waals surface area contributed by atoms with Crippen LogP contribution < -0.4 is 4.90 Å². The zero-order valence-electron chi connectivity index (χ0n) is 41.6. The molecule has 2 aliphatic carbocycles. The molecule has 12 aromatic carbocycles. The highest BCUT2D eigenvalue weighted by Crippen LogP contribution is 2.60. The summed E-state index contributed by atoms with van der Waals surface area (Å²) >= 11 is 1.86. The Morgan fingerprint density at radius 3 is 1.41 bits per heavy atom. The van der Waals surface area contributed by atoms with Gasteiger partial charge in [-0.1, -0.05) is 243 Å². The lowest BCUT2D eigenvalue weighted by molar-refractivity contribution is 0.768. The summed E-state index contributed by atoms with van der Waals surface area (Å²) in [6.07, 6.45) is 0. The van der Waals surface area contributed by atoms with E-state index in [-0.39, 0.29) is 0 Å². The lowest BCUT2D eigenvalue weighted by atomic mass is 9.67. The molecule has 0 radical (unpaired) electrons. The monoisotopic (exact) mass is 983 g/mol. The van der Waals surface area contributed by atoms with Crippen molar-refractivity contribution >= 4 is 48.6 Å². The van der Waals surface area contributed by atoms with Crippen molar-refractivity contribution in [2.45, 2.75) is 10.8 Å². The SMILES string of the molecule is c1ccc(C2(c3ccccc3)c3ccccc3-c3ccc(-c4ccc(N(c5cccc(-c6ccc7sc8ccccc8c7c6)c5)c5cccc6c5-c5ccccc5C6(c5ccccc5)c5ccccc5)cc4)cc32)cc1. The summed E-state index contributed by atoms with van der Waals surface area (Å²) in [5.41, 5.74) is 22.3. The highest BCUT2D eigenvalue weighted by molar-refractivity contribution is 7.25. The Morgan fingerprint density at radius 2 is 0.737 bits per heavy atom. The molecule has 0 amide bonds. The molecule has 2 heteroatoms. The number of benzene rings is 12. The van der Waals surface area contributed by atoms with Crippen LogP contribution >= 0.6 is 11.3 Å². The Kier molecular flexibility index (Phi) is 10.3. The van der Waals surface area contributed by atoms with Crippen LogP contribution in [0.5, 0.6) is 0 Å². The molecule has 0 saturated carbocycles. The maximum atomic E-state index is 2.50. The first kappa shape index (κ1) is 44.2. The maximum Gasteiger partial charge on any atom is 0.0714 e. The summed E-state index contributed by atoms with van der Waals surface area (Å²) in [6, 6.07) is 111. The Bertz CT molecular complexity index is 4250. The van der Waals surface area contributed by atoms with E-state index in [2.05, 4.69) is 302 Å². The van der Waals surface area contributed by atoms with Crippen molar-refractivity contribution in [3.63, 3.8) is 0 Å². The second-order valence-corrected chi connectivity index (χ2v) is 21.3. The van der Waals surface area contributed by atoms with Crippen molar-refractivity contribution in [2.75, 3.05) is 4.90 Å². The molecule has 2 aliphatic rings. The van der Waals surface area contributed by atoms with E-state index >= 15 is 0 Å². The van der Waals surface area contributed by atoms with Crippen molar-refractivity contribution in [1.29, 1.82) is 0 Å². The van der Waals surface area contributed by atoms with E-state index in [4.69, 9.17) is 0 Å². The summed E-state index contributed by atoms with van der Waals surface area (Å²) in [7, 11) is 0. The molecule has 0 N–H and O–H groups in total. The Labute approximate surface area is 447 Å². The summed E-state index contributed by atoms with van der Waals surface area (Å²) in [4.78, 5) is 2.50. The van der Waals surface area contributed by atoms with Crippen LogP contribution in [0.3, 0.4) is 0 Å². The van der Waals surface area contributed by atoms with E-state index in [1.54, 1.807) is 0 Å². The third-order valence-corrected chi connectivity index (χ3v) is 17.6. The summed E-state index contributed by atoms with van der Waals surface area (Å²) < 4.78 is 2.62. The molecule has 15 rings (SSSR count). The molecule has 0 aliphatic heterocycles. The minimum atomic E-state index is -0.539. The number of hydrogen-bond acceptors (Lipinski definition) is 2. The number of thiophene rings is 1. The molecule has 0 fully saturated rings. The first-order valence-electron chi connectivity index (χ1n) is 26.3. The average molecular weight is 984 g/mol. The number of fused-ring (bicyclic) bond motifs is 9. The second-order valence-electron chi connectivity index (χ2n) is 20.3. The molecule has 356 valence electrons. The number of nitrogens with zero attached hydrogens (tertiary/aromatic N) is 1. The fourth-order valence-corrected chi connectivity index (χ4v) is 14.3. The minimum absolute atomic E-state index is 0.480. The normalized spacial score (nSPS) is 13.5. The fourth-order valence-electron chi connectivity index (χ4n) is 13.2. The van der Waals surface area contributed by atoms with E-state index in [0.717, 1.165) is 17.1 Å². The van der Waals surface area contributed by atoms with Gasteiger partial charge in [-0.15, -0.1) is 11.3 Å². The van der Waals surface area contributed by atoms with Crippen LogP contribution in [-0.2, 0) is 10.8 Å². The van der Waals surface area contributed by atoms with Gasteiger partial charge in [-0.3, -0.25) is 0 Å². The first-order chi connectivity index (χ1) is 37.7. The van der Waals surface area contributed by atoms with Gasteiger partial charge in [0.25, 0.3) is 0 Å². The van der Waals surface area contributed by atoms with Crippen LogP contribution in [-0.4, -0.2) is 0 Å². The quantitative estimate of drug-likeness (QED) is 0.139. The van der Waals surface area contributed by atoms with Gasteiger partial charge in [-0.2, -0.15) is 0 Å². The highest BCUT2D eigenvalue weighted by Gasteiger charge is 2.48. The zero-order valence-corrected chi connectivity index (χ0v) is 42.5. The molecule has 1 heterocycles. The van der Waals surface area contributed by atoms with E-state index < -0.39 is 10.8 Å². The molecule has 0 bridgehead atoms. The minimum Gasteiger partial charge on any atom is -0.310 e. The van der Waals surface area contributed by atoms with Gasteiger partial charge >= 0.3 is 0 Å². The third-order valence-electron chi connectivity index (χ3n) is 16.4. The van der Waals surface area contributed by atoms with Crippen molar-refractivity contribution < 1.29 is 0 Å². The van der Waals surface area contributed by atoms with Gasteiger partial charge in [0.05, 0.1) is 16.5 Å². The second kappa shape index (κ2) is 17.7. The van der Waals surface area contributed by atoms with Crippen LogP contribution in [0.1, 0.15) is 44.5 Å². The van der Waals surface area contributed by atoms with E-state index in [0.29, 0.717) is 0 Å². The summed E-state index contributed by atoms with van der Waals surface area (Å²) in [6.45, 7) is 0. The molecule has 0 unspecified atom stereocenters. The maximum absolute atomic E-state index is 2.50. The molecule has 0 spiro atoms. The van der Waals surface area contributed by atoms with Crippen molar-refractivity contribution in [2.24, 2.45) is 0 Å². The molecular formula is C74H49NS. The Balaban J connectivity index is 0.926. The first-order valence-corrected chi connectivity index (χ1v) is 27.1. The van der Waals surface area contributed by atoms with Crippen molar-refractivity contribution in [1.82, 2.24) is 0 Å². The molecule has 76 heavy (non-hydrogen) atoms. The molecule has 13 aromatic rings. The van der Waals surface area contributed by atoms with Gasteiger partial charge in [0.2, 0.25) is 0 Å². The predicted octanol–water partition coefficient (Wildman–Crippen LogP) is 19.6. The molecule has 0 atom stereocenters. The van der Waals surface area contributed by atoms with Crippen LogP contribution in [0.4, 0.5) is 17.1 Å². The molecule has 0 saturated heterocycles. The summed E-state index contributed by atoms with van der Waals surface area (Å²) in [5, 5.41) is 2.60. The zero-order chi connectivity index (χ0) is 50.2. The molecule has 1 nitrogen and oxygen atoms in total. The van der Waals surface area contributed by atoms with E-state index in [9.17, 15) is 0 Å². The summed E-state index contributed by atoms with van der Waals surface area (Å²) in [5.74, 6) is 0. The fraction of sp³-hybridized carbons (Fsp3) is 0.0270. The third kappa shape index (κ3) is 6.57. The topological polar surface area (TPSA) is 3.24 Å². The van der Waals surface area contributed by atoms with Gasteiger partial charge in [0.15, 0.2) is 0 Å². The number of anilines is 3. The van der Waals surface area contributed by atoms with Gasteiger partial charge in [0, 0.05) is 37.1 Å². The molecular weight excluding hydrogens is 935 g/mol. The van der Waals surface area contributed by atoms with Gasteiger partial charge in [-0.25, -0.2) is 0 Å². The smallest absolute Gasteiger partial charge is 0.0714 e. The lowest BCUT2D eigenvalue weighted by Crippen LogP contribution is -2.28. The Morgan fingerprint density at radius 1 is 0.263 bits per heavy atom. The average Bonchev–Trinajstić information content (AvgIpc) is 4.31.